The lowest BCUT2D eigenvalue weighted by Gasteiger charge is -2.15. The van der Waals surface area contributed by atoms with E-state index in [1.807, 2.05) is 25.1 Å². The molecule has 0 aliphatic heterocycles. The van der Waals surface area contributed by atoms with Crippen molar-refractivity contribution in [2.75, 3.05) is 11.1 Å². The maximum Gasteiger partial charge on any atom is 0.224 e. The van der Waals surface area contributed by atoms with Crippen LogP contribution in [-0.4, -0.2) is 5.91 Å². The second-order valence-corrected chi connectivity index (χ2v) is 5.65. The molecule has 0 saturated heterocycles. The number of benzene rings is 1. The molecule has 3 nitrogen and oxygen atoms in total. The lowest BCUT2D eigenvalue weighted by molar-refractivity contribution is -0.117. The van der Waals surface area contributed by atoms with Gasteiger partial charge in [-0.2, -0.15) is 0 Å². The Morgan fingerprint density at radius 1 is 1.26 bits per heavy atom. The molecule has 1 aliphatic carbocycles. The molecule has 3 N–H and O–H groups in total. The van der Waals surface area contributed by atoms with E-state index in [2.05, 4.69) is 5.32 Å². The molecule has 1 saturated carbocycles. The normalized spacial score (nSPS) is 16.9. The summed E-state index contributed by atoms with van der Waals surface area (Å²) < 4.78 is 0. The van der Waals surface area contributed by atoms with Crippen molar-refractivity contribution in [3.63, 3.8) is 0 Å². The summed E-state index contributed by atoms with van der Waals surface area (Å²) >= 11 is 0. The largest absolute Gasteiger partial charge is 0.397 e. The summed E-state index contributed by atoms with van der Waals surface area (Å²) in [5, 5.41) is 2.98. The van der Waals surface area contributed by atoms with Gasteiger partial charge in [-0.05, 0) is 37.3 Å². The molecule has 1 aliphatic rings. The van der Waals surface area contributed by atoms with Crippen LogP contribution in [0.1, 0.15) is 50.5 Å². The molecular formula is C16H24N2O. The van der Waals surface area contributed by atoms with Crippen molar-refractivity contribution in [3.05, 3.63) is 23.8 Å². The third-order valence-corrected chi connectivity index (χ3v) is 4.02. The number of aryl methyl sites for hydroxylation is 1. The van der Waals surface area contributed by atoms with Crippen molar-refractivity contribution >= 4 is 17.3 Å². The molecule has 104 valence electrons. The Balaban J connectivity index is 1.93. The van der Waals surface area contributed by atoms with Gasteiger partial charge in [0.05, 0.1) is 11.4 Å². The van der Waals surface area contributed by atoms with Gasteiger partial charge < -0.3 is 11.1 Å². The van der Waals surface area contributed by atoms with Crippen LogP contribution >= 0.6 is 0 Å². The minimum Gasteiger partial charge on any atom is -0.397 e. The Morgan fingerprint density at radius 2 is 1.95 bits per heavy atom. The van der Waals surface area contributed by atoms with E-state index in [9.17, 15) is 4.79 Å². The number of nitrogens with two attached hydrogens (primary N) is 1. The van der Waals surface area contributed by atoms with Gasteiger partial charge in [0.25, 0.3) is 0 Å². The summed E-state index contributed by atoms with van der Waals surface area (Å²) in [4.78, 5) is 12.1. The zero-order valence-corrected chi connectivity index (χ0v) is 11.7. The predicted octanol–water partition coefficient (Wildman–Crippen LogP) is 3.88. The molecule has 0 aromatic heterocycles. The highest BCUT2D eigenvalue weighted by atomic mass is 16.1. The number of anilines is 2. The topological polar surface area (TPSA) is 55.1 Å². The molecule has 1 amide bonds. The number of carbonyl (C=O) groups is 1. The molecule has 3 heteroatoms. The molecule has 0 atom stereocenters. The zero-order chi connectivity index (χ0) is 13.7. The fraction of sp³-hybridized carbons (Fsp3) is 0.562. The summed E-state index contributed by atoms with van der Waals surface area (Å²) in [6.45, 7) is 1.97. The first kappa shape index (κ1) is 13.9. The van der Waals surface area contributed by atoms with E-state index in [-0.39, 0.29) is 5.91 Å². The molecule has 19 heavy (non-hydrogen) atoms. The van der Waals surface area contributed by atoms with E-state index in [1.165, 1.54) is 38.5 Å². The standard InChI is InChI=1S/C16H24N2O/c1-12-7-6-10-14(17)16(12)18-15(19)11-13-8-4-2-3-5-9-13/h6-7,10,13H,2-5,8-9,11,17H2,1H3,(H,18,19). The maximum absolute atomic E-state index is 12.1. The first-order chi connectivity index (χ1) is 9.16. The van der Waals surface area contributed by atoms with Crippen molar-refractivity contribution in [1.29, 1.82) is 0 Å². The molecule has 2 rings (SSSR count). The molecule has 1 aromatic rings. The van der Waals surface area contributed by atoms with Crippen molar-refractivity contribution < 1.29 is 4.79 Å². The van der Waals surface area contributed by atoms with Gasteiger partial charge in [-0.3, -0.25) is 4.79 Å². The number of hydrogen-bond donors (Lipinski definition) is 2. The van der Waals surface area contributed by atoms with Gasteiger partial charge in [0.2, 0.25) is 5.91 Å². The Bertz CT molecular complexity index is 414. The highest BCUT2D eigenvalue weighted by Crippen LogP contribution is 2.27. The molecular weight excluding hydrogens is 236 g/mol. The zero-order valence-electron chi connectivity index (χ0n) is 11.7. The number of rotatable bonds is 3. The van der Waals surface area contributed by atoms with E-state index < -0.39 is 0 Å². The minimum atomic E-state index is 0.105. The maximum atomic E-state index is 12.1. The Morgan fingerprint density at radius 3 is 2.58 bits per heavy atom. The lowest BCUT2D eigenvalue weighted by Crippen LogP contribution is -2.17. The summed E-state index contributed by atoms with van der Waals surface area (Å²) in [6.07, 6.45) is 8.20. The van der Waals surface area contributed by atoms with Crippen LogP contribution in [0.3, 0.4) is 0 Å². The summed E-state index contributed by atoms with van der Waals surface area (Å²) in [5.74, 6) is 0.653. The minimum absolute atomic E-state index is 0.105. The van der Waals surface area contributed by atoms with Crippen LogP contribution in [0.5, 0.6) is 0 Å². The van der Waals surface area contributed by atoms with Crippen LogP contribution in [0, 0.1) is 12.8 Å². The fourth-order valence-corrected chi connectivity index (χ4v) is 2.88. The number of nitrogen functional groups attached to an aromatic ring is 1. The van der Waals surface area contributed by atoms with Crippen LogP contribution in [0.4, 0.5) is 11.4 Å². The predicted molar refractivity (Wildman–Crippen MR) is 80.0 cm³/mol. The second-order valence-electron chi connectivity index (χ2n) is 5.65. The van der Waals surface area contributed by atoms with Gasteiger partial charge in [-0.1, -0.05) is 37.8 Å². The van der Waals surface area contributed by atoms with Crippen LogP contribution in [0.15, 0.2) is 18.2 Å². The van der Waals surface area contributed by atoms with E-state index in [0.29, 0.717) is 18.0 Å². The average Bonchev–Trinajstić information content (AvgIpc) is 2.63. The highest BCUT2D eigenvalue weighted by Gasteiger charge is 2.17. The Labute approximate surface area is 115 Å². The van der Waals surface area contributed by atoms with E-state index >= 15 is 0 Å². The van der Waals surface area contributed by atoms with Gasteiger partial charge in [-0.15, -0.1) is 0 Å². The van der Waals surface area contributed by atoms with Crippen molar-refractivity contribution in [3.8, 4) is 0 Å². The van der Waals surface area contributed by atoms with Crippen LogP contribution in [-0.2, 0) is 4.79 Å². The number of amides is 1. The highest BCUT2D eigenvalue weighted by molar-refractivity contribution is 5.94. The fourth-order valence-electron chi connectivity index (χ4n) is 2.88. The van der Waals surface area contributed by atoms with E-state index in [1.54, 1.807) is 0 Å². The smallest absolute Gasteiger partial charge is 0.224 e. The third-order valence-electron chi connectivity index (χ3n) is 4.02. The molecule has 1 aromatic carbocycles. The van der Waals surface area contributed by atoms with Crippen molar-refractivity contribution in [1.82, 2.24) is 0 Å². The van der Waals surface area contributed by atoms with Crippen LogP contribution in [0.25, 0.3) is 0 Å². The Kier molecular flexibility index (Phi) is 4.83. The number of para-hydroxylation sites is 1. The quantitative estimate of drug-likeness (QED) is 0.640. The van der Waals surface area contributed by atoms with Crippen LogP contribution in [0.2, 0.25) is 0 Å². The van der Waals surface area contributed by atoms with Gasteiger partial charge in [0.1, 0.15) is 0 Å². The van der Waals surface area contributed by atoms with Gasteiger partial charge in [0, 0.05) is 6.42 Å². The molecule has 0 bridgehead atoms. The summed E-state index contributed by atoms with van der Waals surface area (Å²) in [7, 11) is 0. The first-order valence-electron chi connectivity index (χ1n) is 7.32. The van der Waals surface area contributed by atoms with E-state index in [0.717, 1.165) is 11.3 Å². The van der Waals surface area contributed by atoms with Crippen LogP contribution < -0.4 is 11.1 Å². The van der Waals surface area contributed by atoms with E-state index in [4.69, 9.17) is 5.73 Å². The lowest BCUT2D eigenvalue weighted by atomic mass is 9.96. The molecule has 0 radical (unpaired) electrons. The number of carbonyl (C=O) groups excluding carboxylic acids is 1. The first-order valence-corrected chi connectivity index (χ1v) is 7.32. The molecule has 1 fully saturated rings. The second kappa shape index (κ2) is 6.60. The molecule has 0 unspecified atom stereocenters. The summed E-state index contributed by atoms with van der Waals surface area (Å²) in [6, 6.07) is 5.71. The number of nitrogens with one attached hydrogen (secondary N) is 1. The van der Waals surface area contributed by atoms with Gasteiger partial charge >= 0.3 is 0 Å². The molecule has 0 spiro atoms. The third kappa shape index (κ3) is 3.98. The van der Waals surface area contributed by atoms with Crippen molar-refractivity contribution in [2.24, 2.45) is 5.92 Å². The monoisotopic (exact) mass is 260 g/mol. The SMILES string of the molecule is Cc1cccc(N)c1NC(=O)CC1CCCCCC1. The van der Waals surface area contributed by atoms with Gasteiger partial charge in [0.15, 0.2) is 0 Å². The number of hydrogen-bond acceptors (Lipinski definition) is 2. The summed E-state index contributed by atoms with van der Waals surface area (Å²) in [5.41, 5.74) is 8.36. The average molecular weight is 260 g/mol. The van der Waals surface area contributed by atoms with Gasteiger partial charge in [-0.25, -0.2) is 0 Å². The Hall–Kier alpha value is -1.51. The van der Waals surface area contributed by atoms with Crippen molar-refractivity contribution in [2.45, 2.75) is 51.9 Å². The molecule has 0 heterocycles.